The van der Waals surface area contributed by atoms with Crippen molar-refractivity contribution in [3.05, 3.63) is 101 Å². The minimum atomic E-state index is -3.86. The van der Waals surface area contributed by atoms with Crippen LogP contribution in [0.1, 0.15) is 16.7 Å². The molecule has 0 spiro atoms. The number of benzene rings is 3. The van der Waals surface area contributed by atoms with Crippen LogP contribution < -0.4 is 0 Å². The van der Waals surface area contributed by atoms with Gasteiger partial charge >= 0.3 is 0 Å². The fourth-order valence-electron chi connectivity index (χ4n) is 2.39. The zero-order chi connectivity index (χ0) is 17.9. The maximum absolute atomic E-state index is 12.8. The van der Waals surface area contributed by atoms with Crippen LogP contribution in [-0.2, 0) is 10.0 Å². The Morgan fingerprint density at radius 2 is 1.44 bits per heavy atom. The Morgan fingerprint density at radius 1 is 0.840 bits per heavy atom. The molecular formula is C20H16ClNO2S. The minimum absolute atomic E-state index is 0.151. The summed E-state index contributed by atoms with van der Waals surface area (Å²) in [6.07, 6.45) is 0. The lowest BCUT2D eigenvalue weighted by Gasteiger charge is -2.10. The maximum Gasteiger partial charge on any atom is 0.282 e. The van der Waals surface area contributed by atoms with E-state index in [9.17, 15) is 8.42 Å². The summed E-state index contributed by atoms with van der Waals surface area (Å²) in [6, 6.07) is 22.9. The lowest BCUT2D eigenvalue weighted by atomic mass is 10.0. The van der Waals surface area contributed by atoms with Crippen LogP contribution in [0, 0.1) is 6.92 Å². The topological polar surface area (TPSA) is 46.5 Å². The predicted molar refractivity (Wildman–Crippen MR) is 102 cm³/mol. The monoisotopic (exact) mass is 369 g/mol. The van der Waals surface area contributed by atoms with Crippen molar-refractivity contribution in [3.63, 3.8) is 0 Å². The Balaban J connectivity index is 2.19. The van der Waals surface area contributed by atoms with Crippen LogP contribution in [0.3, 0.4) is 0 Å². The first kappa shape index (κ1) is 17.4. The molecule has 0 unspecified atom stereocenters. The zero-order valence-electron chi connectivity index (χ0n) is 13.6. The van der Waals surface area contributed by atoms with Gasteiger partial charge in [-0.3, -0.25) is 0 Å². The second-order valence-corrected chi connectivity index (χ2v) is 7.59. The molecule has 0 fully saturated rings. The van der Waals surface area contributed by atoms with Gasteiger partial charge in [-0.2, -0.15) is 12.8 Å². The Labute approximate surface area is 152 Å². The van der Waals surface area contributed by atoms with Gasteiger partial charge in [0.2, 0.25) is 0 Å². The molecule has 0 amide bonds. The van der Waals surface area contributed by atoms with Crippen LogP contribution >= 0.6 is 11.6 Å². The number of rotatable bonds is 4. The zero-order valence-corrected chi connectivity index (χ0v) is 15.1. The highest BCUT2D eigenvalue weighted by Crippen LogP contribution is 2.23. The van der Waals surface area contributed by atoms with Gasteiger partial charge < -0.3 is 0 Å². The fourth-order valence-corrected chi connectivity index (χ4v) is 3.64. The molecular weight excluding hydrogens is 354 g/mol. The van der Waals surface area contributed by atoms with Crippen molar-refractivity contribution in [3.8, 4) is 0 Å². The first-order chi connectivity index (χ1) is 12.0. The molecule has 0 aliphatic carbocycles. The first-order valence-electron chi connectivity index (χ1n) is 7.69. The molecule has 3 rings (SSSR count). The number of nitrogens with zero attached hydrogens (tertiary/aromatic N) is 1. The van der Waals surface area contributed by atoms with Gasteiger partial charge in [-0.25, -0.2) is 0 Å². The van der Waals surface area contributed by atoms with Gasteiger partial charge in [0.15, 0.2) is 0 Å². The summed E-state index contributed by atoms with van der Waals surface area (Å²) in [4.78, 5) is 0.151. The molecule has 0 aliphatic heterocycles. The Morgan fingerprint density at radius 3 is 2.08 bits per heavy atom. The molecule has 0 bridgehead atoms. The van der Waals surface area contributed by atoms with Crippen LogP contribution in [-0.4, -0.2) is 14.1 Å². The molecule has 0 atom stereocenters. The van der Waals surface area contributed by atoms with Crippen LogP contribution in [0.4, 0.5) is 0 Å². The van der Waals surface area contributed by atoms with Crippen molar-refractivity contribution >= 4 is 27.3 Å². The molecule has 126 valence electrons. The van der Waals surface area contributed by atoms with Gasteiger partial charge in [0.25, 0.3) is 10.0 Å². The molecule has 0 aromatic heterocycles. The summed E-state index contributed by atoms with van der Waals surface area (Å²) in [5.74, 6) is 0. The summed E-state index contributed by atoms with van der Waals surface area (Å²) in [7, 11) is -3.86. The van der Waals surface area contributed by atoms with E-state index >= 15 is 0 Å². The first-order valence-corrected chi connectivity index (χ1v) is 9.51. The average Bonchev–Trinajstić information content (AvgIpc) is 2.61. The van der Waals surface area contributed by atoms with Gasteiger partial charge in [-0.1, -0.05) is 77.8 Å². The van der Waals surface area contributed by atoms with Gasteiger partial charge in [-0.05, 0) is 25.1 Å². The molecule has 3 nitrogen and oxygen atoms in total. The van der Waals surface area contributed by atoms with E-state index in [0.717, 1.165) is 5.56 Å². The van der Waals surface area contributed by atoms with E-state index in [-0.39, 0.29) is 4.90 Å². The Hall–Kier alpha value is -2.43. The van der Waals surface area contributed by atoms with Gasteiger partial charge in [0.1, 0.15) is 0 Å². The molecule has 3 aromatic carbocycles. The number of aryl methyl sites for hydroxylation is 1. The lowest BCUT2D eigenvalue weighted by molar-refractivity contribution is 0.598. The van der Waals surface area contributed by atoms with Crippen molar-refractivity contribution < 1.29 is 8.42 Å². The highest BCUT2D eigenvalue weighted by molar-refractivity contribution is 7.90. The molecule has 0 heterocycles. The lowest BCUT2D eigenvalue weighted by Crippen LogP contribution is -2.09. The molecule has 5 heteroatoms. The maximum atomic E-state index is 12.8. The fraction of sp³-hybridized carbons (Fsp3) is 0.0500. The summed E-state index contributed by atoms with van der Waals surface area (Å²) in [5, 5.41) is 0.448. The Bertz CT molecular complexity index is 1010. The minimum Gasteiger partial charge on any atom is -0.199 e. The van der Waals surface area contributed by atoms with Crippen molar-refractivity contribution in [1.82, 2.24) is 0 Å². The van der Waals surface area contributed by atoms with E-state index < -0.39 is 10.0 Å². The van der Waals surface area contributed by atoms with E-state index in [1.807, 2.05) is 37.3 Å². The third-order valence-electron chi connectivity index (χ3n) is 3.71. The summed E-state index contributed by atoms with van der Waals surface area (Å²) >= 11 is 6.29. The van der Waals surface area contributed by atoms with Gasteiger partial charge in [-0.15, -0.1) is 0 Å². The van der Waals surface area contributed by atoms with E-state index in [1.54, 1.807) is 48.5 Å². The second kappa shape index (κ2) is 7.21. The molecule has 0 aliphatic rings. The molecule has 3 aromatic rings. The normalized spacial score (nSPS) is 12.2. The standard InChI is InChI=1S/C20H16ClNO2S/c1-15-11-13-17(14-12-15)25(23,24)22-20(16-7-3-2-4-8-16)18-9-5-6-10-19(18)21/h2-14H,1H3/b22-20-. The van der Waals surface area contributed by atoms with Crippen LogP contribution in [0.5, 0.6) is 0 Å². The quantitative estimate of drug-likeness (QED) is 0.615. The highest BCUT2D eigenvalue weighted by Gasteiger charge is 2.18. The van der Waals surface area contributed by atoms with Crippen LogP contribution in [0.25, 0.3) is 0 Å². The molecule has 0 radical (unpaired) electrons. The third-order valence-corrected chi connectivity index (χ3v) is 5.33. The van der Waals surface area contributed by atoms with Gasteiger partial charge in [0, 0.05) is 11.1 Å². The summed E-state index contributed by atoms with van der Waals surface area (Å²) in [6.45, 7) is 1.90. The van der Waals surface area contributed by atoms with E-state index in [1.165, 1.54) is 0 Å². The smallest absolute Gasteiger partial charge is 0.199 e. The summed E-state index contributed by atoms with van der Waals surface area (Å²) < 4.78 is 29.7. The second-order valence-electron chi connectivity index (χ2n) is 5.57. The number of hydrogen-bond donors (Lipinski definition) is 0. The molecule has 25 heavy (non-hydrogen) atoms. The van der Waals surface area contributed by atoms with Crippen molar-refractivity contribution in [2.24, 2.45) is 4.40 Å². The predicted octanol–water partition coefficient (Wildman–Crippen LogP) is 4.87. The largest absolute Gasteiger partial charge is 0.282 e. The van der Waals surface area contributed by atoms with Crippen LogP contribution in [0.15, 0.2) is 88.2 Å². The van der Waals surface area contributed by atoms with E-state index in [2.05, 4.69) is 4.40 Å². The average molecular weight is 370 g/mol. The Kier molecular flexibility index (Phi) is 5.02. The van der Waals surface area contributed by atoms with Crippen molar-refractivity contribution in [1.29, 1.82) is 0 Å². The third kappa shape index (κ3) is 3.98. The van der Waals surface area contributed by atoms with E-state index in [0.29, 0.717) is 21.9 Å². The number of sulfonamides is 1. The van der Waals surface area contributed by atoms with Crippen LogP contribution in [0.2, 0.25) is 5.02 Å². The highest BCUT2D eigenvalue weighted by atomic mass is 35.5. The number of hydrogen-bond acceptors (Lipinski definition) is 2. The molecule has 0 saturated heterocycles. The SMILES string of the molecule is Cc1ccc(S(=O)(=O)/N=C(/c2ccccc2)c2ccccc2Cl)cc1. The van der Waals surface area contributed by atoms with Gasteiger partial charge in [0.05, 0.1) is 15.6 Å². The summed E-state index contributed by atoms with van der Waals surface area (Å²) in [5.41, 5.74) is 2.57. The van der Waals surface area contributed by atoms with Crippen molar-refractivity contribution in [2.75, 3.05) is 0 Å². The number of halogens is 1. The van der Waals surface area contributed by atoms with Crippen molar-refractivity contribution in [2.45, 2.75) is 11.8 Å². The van der Waals surface area contributed by atoms with E-state index in [4.69, 9.17) is 11.6 Å². The molecule has 0 N–H and O–H groups in total. The molecule has 0 saturated carbocycles.